The Morgan fingerprint density at radius 3 is 2.46 bits per heavy atom. The van der Waals surface area contributed by atoms with Crippen molar-refractivity contribution in [3.63, 3.8) is 0 Å². The molecule has 3 heteroatoms. The summed E-state index contributed by atoms with van der Waals surface area (Å²) < 4.78 is 10.4. The minimum absolute atomic E-state index is 0.699. The van der Waals surface area contributed by atoms with Crippen molar-refractivity contribution in [2.24, 2.45) is 0 Å². The Kier molecular flexibility index (Phi) is 3.14. The lowest BCUT2D eigenvalue weighted by molar-refractivity contribution is 0.354. The van der Waals surface area contributed by atoms with E-state index < -0.39 is 0 Å². The molecule has 1 rings (SSSR count). The lowest BCUT2D eigenvalue weighted by atomic mass is 10.2. The van der Waals surface area contributed by atoms with Gasteiger partial charge in [-0.2, -0.15) is 0 Å². The summed E-state index contributed by atoms with van der Waals surface area (Å²) >= 11 is 0. The van der Waals surface area contributed by atoms with Gasteiger partial charge >= 0.3 is 0 Å². The quantitative estimate of drug-likeness (QED) is 0.679. The average molecular weight is 191 g/mol. The molecule has 1 aromatic carbocycles. The van der Waals surface area contributed by atoms with E-state index in [0.717, 1.165) is 10.8 Å². The number of rotatable bonds is 3. The summed E-state index contributed by atoms with van der Waals surface area (Å²) in [4.78, 5) is 0. The molecule has 0 bridgehead atoms. The first-order valence-electron chi connectivity index (χ1n) is 3.82. The van der Waals surface area contributed by atoms with Crippen LogP contribution in [0.25, 0.3) is 5.20 Å². The molecular weight excluding hydrogens is 180 g/mol. The molecule has 0 N–H and O–H groups in total. The number of ether oxygens (including phenoxy) is 2. The number of hydrogen-bond donors (Lipinski definition) is 0. The molecule has 0 saturated carbocycles. The molecule has 0 heterocycles. The smallest absolute Gasteiger partial charge is 0.167 e. The SMILES string of the molecule is C=C([Si])c1cccc(OC)c1OC. The Labute approximate surface area is 81.6 Å². The van der Waals surface area contributed by atoms with Crippen molar-refractivity contribution in [2.45, 2.75) is 0 Å². The van der Waals surface area contributed by atoms with Crippen molar-refractivity contribution in [3.05, 3.63) is 30.3 Å². The first-order chi connectivity index (χ1) is 6.20. The van der Waals surface area contributed by atoms with Crippen LogP contribution in [0.5, 0.6) is 11.5 Å². The molecule has 0 aliphatic carbocycles. The lowest BCUT2D eigenvalue weighted by Gasteiger charge is -2.11. The fourth-order valence-electron chi connectivity index (χ4n) is 1.12. The van der Waals surface area contributed by atoms with Crippen molar-refractivity contribution < 1.29 is 9.47 Å². The molecule has 1 aromatic rings. The van der Waals surface area contributed by atoms with Crippen molar-refractivity contribution in [2.75, 3.05) is 14.2 Å². The summed E-state index contributed by atoms with van der Waals surface area (Å²) in [6.07, 6.45) is 0. The van der Waals surface area contributed by atoms with E-state index >= 15 is 0 Å². The molecular formula is C10H11O2Si. The van der Waals surface area contributed by atoms with Gasteiger partial charge in [-0.15, -0.1) is 0 Å². The van der Waals surface area contributed by atoms with E-state index in [9.17, 15) is 0 Å². The Morgan fingerprint density at radius 1 is 1.31 bits per heavy atom. The van der Waals surface area contributed by atoms with Crippen LogP contribution in [0.2, 0.25) is 0 Å². The van der Waals surface area contributed by atoms with Crippen molar-refractivity contribution >= 4 is 15.4 Å². The van der Waals surface area contributed by atoms with E-state index in [1.165, 1.54) is 0 Å². The Bertz CT molecular complexity index is 321. The van der Waals surface area contributed by atoms with Gasteiger partial charge in [0.1, 0.15) is 0 Å². The second kappa shape index (κ2) is 4.14. The van der Waals surface area contributed by atoms with Gasteiger partial charge in [-0.25, -0.2) is 0 Å². The molecule has 0 saturated heterocycles. The lowest BCUT2D eigenvalue weighted by Crippen LogP contribution is -1.94. The van der Waals surface area contributed by atoms with Gasteiger partial charge in [0.05, 0.1) is 24.5 Å². The van der Waals surface area contributed by atoms with Crippen molar-refractivity contribution in [1.82, 2.24) is 0 Å². The van der Waals surface area contributed by atoms with Gasteiger partial charge in [0.2, 0.25) is 0 Å². The van der Waals surface area contributed by atoms with Crippen molar-refractivity contribution in [1.29, 1.82) is 0 Å². The highest BCUT2D eigenvalue weighted by molar-refractivity contribution is 6.42. The molecule has 0 atom stereocenters. The van der Waals surface area contributed by atoms with E-state index in [2.05, 4.69) is 16.8 Å². The fourth-order valence-corrected chi connectivity index (χ4v) is 1.32. The average Bonchev–Trinajstić information content (AvgIpc) is 2.16. The Hall–Kier alpha value is -1.22. The van der Waals surface area contributed by atoms with Crippen LogP contribution in [0.15, 0.2) is 24.8 Å². The van der Waals surface area contributed by atoms with E-state index in [1.807, 2.05) is 18.2 Å². The third-order valence-electron chi connectivity index (χ3n) is 1.73. The zero-order valence-corrected chi connectivity index (χ0v) is 8.76. The van der Waals surface area contributed by atoms with E-state index in [4.69, 9.17) is 9.47 Å². The van der Waals surface area contributed by atoms with Gasteiger partial charge in [-0.3, -0.25) is 0 Å². The van der Waals surface area contributed by atoms with Gasteiger partial charge in [-0.05, 0) is 6.07 Å². The highest BCUT2D eigenvalue weighted by atomic mass is 28.1. The summed E-state index contributed by atoms with van der Waals surface area (Å²) in [5, 5.41) is 0.774. The van der Waals surface area contributed by atoms with Crippen molar-refractivity contribution in [3.8, 4) is 11.5 Å². The number of hydrogen-bond acceptors (Lipinski definition) is 2. The van der Waals surface area contributed by atoms with Crippen LogP contribution in [0.3, 0.4) is 0 Å². The van der Waals surface area contributed by atoms with Gasteiger partial charge in [0.25, 0.3) is 0 Å². The van der Waals surface area contributed by atoms with Crippen LogP contribution in [-0.2, 0) is 0 Å². The maximum absolute atomic E-state index is 5.21. The zero-order valence-electron chi connectivity index (χ0n) is 7.76. The predicted molar refractivity (Wildman–Crippen MR) is 54.3 cm³/mol. The summed E-state index contributed by atoms with van der Waals surface area (Å²) in [5.74, 6) is 1.41. The molecule has 0 fully saturated rings. The van der Waals surface area contributed by atoms with Crippen LogP contribution in [0.1, 0.15) is 5.56 Å². The molecule has 0 aliphatic rings. The molecule has 0 aromatic heterocycles. The van der Waals surface area contributed by atoms with Crippen LogP contribution >= 0.6 is 0 Å². The maximum Gasteiger partial charge on any atom is 0.167 e. The predicted octanol–water partition coefficient (Wildman–Crippen LogP) is 1.84. The van der Waals surface area contributed by atoms with Gasteiger partial charge < -0.3 is 9.47 Å². The summed E-state index contributed by atoms with van der Waals surface area (Å²) in [6.45, 7) is 3.79. The third kappa shape index (κ3) is 1.92. The standard InChI is InChI=1S/C10H11O2Si/c1-7(13)8-5-4-6-9(11-2)10(8)12-3/h4-6H,1H2,2-3H3. The molecule has 67 valence electrons. The first kappa shape index (κ1) is 9.86. The molecule has 0 amide bonds. The summed E-state index contributed by atoms with van der Waals surface area (Å²) in [6, 6.07) is 5.65. The molecule has 0 aliphatic heterocycles. The normalized spacial score (nSPS) is 9.46. The number of para-hydroxylation sites is 1. The fraction of sp³-hybridized carbons (Fsp3) is 0.200. The number of methoxy groups -OCH3 is 2. The van der Waals surface area contributed by atoms with Crippen LogP contribution in [0, 0.1) is 0 Å². The highest BCUT2D eigenvalue weighted by Gasteiger charge is 2.08. The molecule has 0 unspecified atom stereocenters. The molecule has 13 heavy (non-hydrogen) atoms. The maximum atomic E-state index is 5.21. The van der Waals surface area contributed by atoms with E-state index in [-0.39, 0.29) is 0 Å². The van der Waals surface area contributed by atoms with E-state index in [0.29, 0.717) is 11.5 Å². The molecule has 2 nitrogen and oxygen atoms in total. The second-order valence-electron chi connectivity index (χ2n) is 2.52. The minimum Gasteiger partial charge on any atom is -0.493 e. The van der Waals surface area contributed by atoms with E-state index in [1.54, 1.807) is 14.2 Å². The topological polar surface area (TPSA) is 18.5 Å². The minimum atomic E-state index is 0.699. The summed E-state index contributed by atoms with van der Waals surface area (Å²) in [7, 11) is 6.57. The number of benzene rings is 1. The summed E-state index contributed by atoms with van der Waals surface area (Å²) in [5.41, 5.74) is 0.901. The Morgan fingerprint density at radius 2 is 2.00 bits per heavy atom. The van der Waals surface area contributed by atoms with Gasteiger partial charge in [0.15, 0.2) is 11.5 Å². The monoisotopic (exact) mass is 191 g/mol. The molecule has 0 spiro atoms. The largest absolute Gasteiger partial charge is 0.493 e. The van der Waals surface area contributed by atoms with Gasteiger partial charge in [0, 0.05) is 5.56 Å². The second-order valence-corrected chi connectivity index (χ2v) is 3.12. The van der Waals surface area contributed by atoms with Gasteiger partial charge in [-0.1, -0.05) is 23.9 Å². The molecule has 3 radical (unpaired) electrons. The third-order valence-corrected chi connectivity index (χ3v) is 2.00. The van der Waals surface area contributed by atoms with Crippen LogP contribution in [0.4, 0.5) is 0 Å². The highest BCUT2D eigenvalue weighted by Crippen LogP contribution is 2.33. The van der Waals surface area contributed by atoms with Crippen LogP contribution in [-0.4, -0.2) is 24.5 Å². The zero-order chi connectivity index (χ0) is 9.84. The van der Waals surface area contributed by atoms with Crippen LogP contribution < -0.4 is 9.47 Å². The Balaban J connectivity index is 3.27. The first-order valence-corrected chi connectivity index (χ1v) is 4.32.